The Morgan fingerprint density at radius 3 is 2.45 bits per heavy atom. The van der Waals surface area contributed by atoms with Crippen LogP contribution in [0.4, 0.5) is 17.6 Å². The molecule has 2 N–H and O–H groups in total. The molecule has 29 heavy (non-hydrogen) atoms. The Balaban J connectivity index is 1.73. The van der Waals surface area contributed by atoms with Gasteiger partial charge in [-0.3, -0.25) is 0 Å². The number of nitrogen functional groups attached to an aromatic ring is 1. The minimum Gasteiger partial charge on any atom is -0.496 e. The van der Waals surface area contributed by atoms with Crippen molar-refractivity contribution in [1.29, 1.82) is 0 Å². The number of anilines is 3. The fourth-order valence-electron chi connectivity index (χ4n) is 2.89. The third-order valence-electron chi connectivity index (χ3n) is 4.23. The zero-order chi connectivity index (χ0) is 20.2. The first-order valence-corrected chi connectivity index (χ1v) is 9.01. The topological polar surface area (TPSA) is 116 Å². The van der Waals surface area contributed by atoms with Crippen LogP contribution in [0.25, 0.3) is 23.1 Å². The molecule has 0 aliphatic heterocycles. The van der Waals surface area contributed by atoms with Crippen molar-refractivity contribution in [3.63, 3.8) is 0 Å². The number of nitrogens with zero attached hydrogens (tertiary/aromatic N) is 6. The first-order chi connectivity index (χ1) is 14.2. The predicted octanol–water partition coefficient (Wildman–Crippen LogP) is 3.34. The van der Waals surface area contributed by atoms with Crippen LogP contribution in [-0.4, -0.2) is 38.7 Å². The summed E-state index contributed by atoms with van der Waals surface area (Å²) in [5.41, 5.74) is 7.55. The molecule has 0 atom stereocenters. The number of benzene rings is 2. The van der Waals surface area contributed by atoms with Crippen molar-refractivity contribution in [2.45, 2.75) is 6.92 Å². The molecule has 2 aromatic carbocycles. The third-order valence-corrected chi connectivity index (χ3v) is 4.23. The van der Waals surface area contributed by atoms with Gasteiger partial charge in [-0.25, -0.2) is 0 Å². The minimum absolute atomic E-state index is 0.0722. The van der Waals surface area contributed by atoms with Crippen LogP contribution in [0, 0.1) is 0 Å². The van der Waals surface area contributed by atoms with Crippen LogP contribution in [0.15, 0.2) is 59.1 Å². The van der Waals surface area contributed by atoms with Crippen molar-refractivity contribution < 1.29 is 9.26 Å². The van der Waals surface area contributed by atoms with E-state index in [0.29, 0.717) is 29.7 Å². The molecule has 0 aliphatic carbocycles. The zero-order valence-corrected chi connectivity index (χ0v) is 16.0. The Hall–Kier alpha value is -4.01. The molecule has 0 bridgehead atoms. The second-order valence-electron chi connectivity index (χ2n) is 6.02. The van der Waals surface area contributed by atoms with E-state index >= 15 is 0 Å². The lowest BCUT2D eigenvalue weighted by molar-refractivity contribution is 0.405. The molecule has 0 spiro atoms. The second kappa shape index (κ2) is 7.93. The monoisotopic (exact) mass is 389 g/mol. The fourth-order valence-corrected chi connectivity index (χ4v) is 2.89. The standard InChI is InChI=1S/C20H19N7O2/c1-3-27(13-9-5-4-6-10-13)20-24-16(23-19(21)25-20)17-22-18(29-26-17)14-11-7-8-12-15(14)28-2/h4-12H,3H2,1-2H3,(H2,21,23,24,25). The molecule has 9 nitrogen and oxygen atoms in total. The van der Waals surface area contributed by atoms with Gasteiger partial charge in [0.2, 0.25) is 23.5 Å². The predicted molar refractivity (Wildman–Crippen MR) is 109 cm³/mol. The van der Waals surface area contributed by atoms with Gasteiger partial charge < -0.3 is 19.9 Å². The van der Waals surface area contributed by atoms with E-state index in [1.54, 1.807) is 7.11 Å². The van der Waals surface area contributed by atoms with Gasteiger partial charge in [0, 0.05) is 12.2 Å². The number of hydrogen-bond donors (Lipinski definition) is 1. The molecule has 2 aromatic heterocycles. The van der Waals surface area contributed by atoms with Crippen molar-refractivity contribution in [3.8, 4) is 28.9 Å². The van der Waals surface area contributed by atoms with Crippen LogP contribution >= 0.6 is 0 Å². The average Bonchev–Trinajstić information content (AvgIpc) is 3.25. The Bertz CT molecular complexity index is 1110. The van der Waals surface area contributed by atoms with E-state index in [4.69, 9.17) is 15.0 Å². The highest BCUT2D eigenvalue weighted by molar-refractivity contribution is 5.64. The highest BCUT2D eigenvalue weighted by Crippen LogP contribution is 2.30. The Kier molecular flexibility index (Phi) is 5.02. The molecular formula is C20H19N7O2. The number of rotatable bonds is 6. The van der Waals surface area contributed by atoms with E-state index in [-0.39, 0.29) is 17.6 Å². The van der Waals surface area contributed by atoms with E-state index in [2.05, 4.69) is 25.1 Å². The molecule has 0 saturated heterocycles. The smallest absolute Gasteiger partial charge is 0.262 e. The number of methoxy groups -OCH3 is 1. The summed E-state index contributed by atoms with van der Waals surface area (Å²) in [5, 5.41) is 4.01. The Morgan fingerprint density at radius 2 is 1.69 bits per heavy atom. The van der Waals surface area contributed by atoms with Crippen molar-refractivity contribution in [2.24, 2.45) is 0 Å². The molecule has 0 unspecified atom stereocenters. The summed E-state index contributed by atoms with van der Waals surface area (Å²) in [7, 11) is 1.58. The number of hydrogen-bond acceptors (Lipinski definition) is 9. The summed E-state index contributed by atoms with van der Waals surface area (Å²) in [4.78, 5) is 19.3. The Labute approximate surface area is 167 Å². The lowest BCUT2D eigenvalue weighted by atomic mass is 10.2. The van der Waals surface area contributed by atoms with Gasteiger partial charge in [-0.1, -0.05) is 35.5 Å². The normalized spacial score (nSPS) is 10.7. The summed E-state index contributed by atoms with van der Waals surface area (Å²) in [6.45, 7) is 2.65. The lowest BCUT2D eigenvalue weighted by Crippen LogP contribution is -2.20. The van der Waals surface area contributed by atoms with Crippen molar-refractivity contribution >= 4 is 17.6 Å². The van der Waals surface area contributed by atoms with Crippen LogP contribution in [0.3, 0.4) is 0 Å². The van der Waals surface area contributed by atoms with Gasteiger partial charge in [0.25, 0.3) is 5.89 Å². The zero-order valence-electron chi connectivity index (χ0n) is 16.0. The first kappa shape index (κ1) is 18.4. The highest BCUT2D eigenvalue weighted by Gasteiger charge is 2.19. The molecule has 0 radical (unpaired) electrons. The molecular weight excluding hydrogens is 370 g/mol. The van der Waals surface area contributed by atoms with Crippen molar-refractivity contribution in [2.75, 3.05) is 24.3 Å². The maximum atomic E-state index is 5.94. The maximum Gasteiger partial charge on any atom is 0.262 e. The number of para-hydroxylation sites is 2. The molecule has 146 valence electrons. The highest BCUT2D eigenvalue weighted by atomic mass is 16.5. The lowest BCUT2D eigenvalue weighted by Gasteiger charge is -2.20. The van der Waals surface area contributed by atoms with Crippen LogP contribution in [0.2, 0.25) is 0 Å². The third kappa shape index (κ3) is 3.70. The maximum absolute atomic E-state index is 5.94. The molecule has 4 aromatic rings. The first-order valence-electron chi connectivity index (χ1n) is 9.01. The molecule has 2 heterocycles. The van der Waals surface area contributed by atoms with E-state index in [0.717, 1.165) is 5.69 Å². The second-order valence-corrected chi connectivity index (χ2v) is 6.02. The van der Waals surface area contributed by atoms with Crippen LogP contribution < -0.4 is 15.4 Å². The molecule has 9 heteroatoms. The summed E-state index contributed by atoms with van der Waals surface area (Å²) >= 11 is 0. The number of ether oxygens (including phenoxy) is 1. The van der Waals surface area contributed by atoms with E-state index < -0.39 is 0 Å². The van der Waals surface area contributed by atoms with E-state index in [1.807, 2.05) is 66.4 Å². The van der Waals surface area contributed by atoms with Gasteiger partial charge in [0.1, 0.15) is 5.75 Å². The summed E-state index contributed by atoms with van der Waals surface area (Å²) in [6, 6.07) is 17.2. The van der Waals surface area contributed by atoms with Gasteiger partial charge in [0.15, 0.2) is 0 Å². The fraction of sp³-hybridized carbons (Fsp3) is 0.150. The number of aromatic nitrogens is 5. The molecule has 0 amide bonds. The SMILES string of the molecule is CCN(c1ccccc1)c1nc(N)nc(-c2noc(-c3ccccc3OC)n2)n1. The summed E-state index contributed by atoms with van der Waals surface area (Å²) in [6.07, 6.45) is 0. The van der Waals surface area contributed by atoms with Crippen LogP contribution in [0.1, 0.15) is 6.92 Å². The largest absolute Gasteiger partial charge is 0.496 e. The summed E-state index contributed by atoms with van der Waals surface area (Å²) in [5.74, 6) is 1.85. The molecule has 0 aliphatic rings. The van der Waals surface area contributed by atoms with E-state index in [9.17, 15) is 0 Å². The number of nitrogens with two attached hydrogens (primary N) is 1. The quantitative estimate of drug-likeness (QED) is 0.530. The van der Waals surface area contributed by atoms with Crippen molar-refractivity contribution in [3.05, 3.63) is 54.6 Å². The van der Waals surface area contributed by atoms with Gasteiger partial charge >= 0.3 is 0 Å². The van der Waals surface area contributed by atoms with Gasteiger partial charge in [-0.05, 0) is 31.2 Å². The Morgan fingerprint density at radius 1 is 0.931 bits per heavy atom. The van der Waals surface area contributed by atoms with Crippen molar-refractivity contribution in [1.82, 2.24) is 25.1 Å². The van der Waals surface area contributed by atoms with Gasteiger partial charge in [-0.2, -0.15) is 19.9 Å². The molecule has 0 fully saturated rings. The minimum atomic E-state index is 0.0722. The summed E-state index contributed by atoms with van der Waals surface area (Å²) < 4.78 is 10.8. The van der Waals surface area contributed by atoms with Gasteiger partial charge in [-0.15, -0.1) is 0 Å². The van der Waals surface area contributed by atoms with Gasteiger partial charge in [0.05, 0.1) is 12.7 Å². The molecule has 4 rings (SSSR count). The molecule has 0 saturated carbocycles. The van der Waals surface area contributed by atoms with Crippen LogP contribution in [0.5, 0.6) is 5.75 Å². The average molecular weight is 389 g/mol. The van der Waals surface area contributed by atoms with E-state index in [1.165, 1.54) is 0 Å². The van der Waals surface area contributed by atoms with Crippen LogP contribution in [-0.2, 0) is 0 Å².